The largest absolute Gasteiger partial charge is 0.393 e. The monoisotopic (exact) mass is 233 g/mol. The molecule has 16 heavy (non-hydrogen) atoms. The molecule has 3 unspecified atom stereocenters. The molecule has 4 heteroatoms. The highest BCUT2D eigenvalue weighted by molar-refractivity contribution is 4.93. The lowest BCUT2D eigenvalue weighted by atomic mass is 9.83. The molecule has 0 bridgehead atoms. The molecule has 0 radical (unpaired) electrons. The highest BCUT2D eigenvalue weighted by Gasteiger charge is 2.39. The van der Waals surface area contributed by atoms with Gasteiger partial charge in [0.25, 0.3) is 6.43 Å². The average Bonchev–Trinajstić information content (AvgIpc) is 3.02. The molecule has 2 fully saturated rings. The first-order chi connectivity index (χ1) is 7.58. The van der Waals surface area contributed by atoms with Crippen molar-refractivity contribution in [3.05, 3.63) is 0 Å². The van der Waals surface area contributed by atoms with Gasteiger partial charge in [0.15, 0.2) is 0 Å². The molecule has 2 nitrogen and oxygen atoms in total. The molecular weight excluding hydrogens is 212 g/mol. The van der Waals surface area contributed by atoms with E-state index >= 15 is 0 Å². The minimum absolute atomic E-state index is 0.119. The summed E-state index contributed by atoms with van der Waals surface area (Å²) in [5.41, 5.74) is 0. The molecule has 0 amide bonds. The van der Waals surface area contributed by atoms with Crippen LogP contribution in [0.5, 0.6) is 0 Å². The van der Waals surface area contributed by atoms with Crippen molar-refractivity contribution < 1.29 is 13.9 Å². The van der Waals surface area contributed by atoms with Crippen molar-refractivity contribution in [2.24, 2.45) is 5.92 Å². The van der Waals surface area contributed by atoms with Crippen LogP contribution in [0, 0.1) is 5.92 Å². The highest BCUT2D eigenvalue weighted by atomic mass is 19.3. The van der Waals surface area contributed by atoms with Gasteiger partial charge in [0.1, 0.15) is 0 Å². The van der Waals surface area contributed by atoms with Crippen molar-refractivity contribution in [1.29, 1.82) is 0 Å². The molecule has 1 N–H and O–H groups in total. The van der Waals surface area contributed by atoms with Gasteiger partial charge in [-0.1, -0.05) is 6.92 Å². The first kappa shape index (κ1) is 12.2. The minimum Gasteiger partial charge on any atom is -0.393 e. The number of nitrogens with zero attached hydrogens (tertiary/aromatic N) is 1. The van der Waals surface area contributed by atoms with Gasteiger partial charge in [0.05, 0.1) is 12.6 Å². The number of alkyl halides is 2. The van der Waals surface area contributed by atoms with Gasteiger partial charge in [-0.25, -0.2) is 8.78 Å². The molecule has 3 atom stereocenters. The molecule has 0 aromatic heterocycles. The van der Waals surface area contributed by atoms with Crippen LogP contribution in [0.15, 0.2) is 0 Å². The summed E-state index contributed by atoms with van der Waals surface area (Å²) in [5.74, 6) is 0.433. The third kappa shape index (κ3) is 2.92. The Bertz CT molecular complexity index is 231. The Morgan fingerprint density at radius 2 is 1.94 bits per heavy atom. The number of rotatable bonds is 4. The van der Waals surface area contributed by atoms with Crippen molar-refractivity contribution in [2.75, 3.05) is 6.54 Å². The maximum absolute atomic E-state index is 12.5. The highest BCUT2D eigenvalue weighted by Crippen LogP contribution is 2.36. The molecule has 2 rings (SSSR count). The Morgan fingerprint density at radius 1 is 1.25 bits per heavy atom. The lowest BCUT2D eigenvalue weighted by Gasteiger charge is -2.40. The van der Waals surface area contributed by atoms with Gasteiger partial charge in [0, 0.05) is 12.1 Å². The minimum atomic E-state index is -2.26. The number of hydrogen-bond acceptors (Lipinski definition) is 2. The van der Waals surface area contributed by atoms with E-state index in [1.54, 1.807) is 0 Å². The molecule has 94 valence electrons. The summed E-state index contributed by atoms with van der Waals surface area (Å²) >= 11 is 0. The first-order valence-corrected chi connectivity index (χ1v) is 6.30. The van der Waals surface area contributed by atoms with Gasteiger partial charge in [-0.3, -0.25) is 4.90 Å². The summed E-state index contributed by atoms with van der Waals surface area (Å²) in [5, 5.41) is 9.67. The van der Waals surface area contributed by atoms with Crippen LogP contribution >= 0.6 is 0 Å². The summed E-state index contributed by atoms with van der Waals surface area (Å²) in [6.07, 6.45) is 2.00. The Balaban J connectivity index is 1.99. The quantitative estimate of drug-likeness (QED) is 0.805. The van der Waals surface area contributed by atoms with E-state index < -0.39 is 6.43 Å². The summed E-state index contributed by atoms with van der Waals surface area (Å²) in [4.78, 5) is 1.96. The van der Waals surface area contributed by atoms with E-state index in [0.717, 1.165) is 25.7 Å². The topological polar surface area (TPSA) is 23.5 Å². The third-order valence-electron chi connectivity index (χ3n) is 3.92. The van der Waals surface area contributed by atoms with Crippen molar-refractivity contribution in [3.8, 4) is 0 Å². The van der Waals surface area contributed by atoms with Gasteiger partial charge < -0.3 is 5.11 Å². The standard InChI is InChI=1S/C12H21F2NO/c1-8-2-5-10(16)6-11(8)15(7-12(13)14)9-3-4-9/h8-12,16H,2-7H2,1H3. The molecule has 2 aliphatic rings. The summed E-state index contributed by atoms with van der Waals surface area (Å²) in [6.45, 7) is 2.00. The van der Waals surface area contributed by atoms with E-state index in [9.17, 15) is 13.9 Å². The van der Waals surface area contributed by atoms with E-state index in [-0.39, 0.29) is 18.7 Å². The van der Waals surface area contributed by atoms with E-state index in [0.29, 0.717) is 18.4 Å². The predicted octanol–water partition coefficient (Wildman–Crippen LogP) is 2.27. The van der Waals surface area contributed by atoms with Crippen LogP contribution in [0.2, 0.25) is 0 Å². The van der Waals surface area contributed by atoms with Gasteiger partial charge in [-0.15, -0.1) is 0 Å². The second-order valence-corrected chi connectivity index (χ2v) is 5.33. The van der Waals surface area contributed by atoms with E-state index in [1.807, 2.05) is 4.90 Å². The van der Waals surface area contributed by atoms with Crippen molar-refractivity contribution >= 4 is 0 Å². The molecule has 2 saturated carbocycles. The van der Waals surface area contributed by atoms with Crippen molar-refractivity contribution in [3.63, 3.8) is 0 Å². The Morgan fingerprint density at radius 3 is 2.50 bits per heavy atom. The third-order valence-corrected chi connectivity index (χ3v) is 3.92. The predicted molar refractivity (Wildman–Crippen MR) is 58.5 cm³/mol. The zero-order chi connectivity index (χ0) is 11.7. The molecular formula is C12H21F2NO. The lowest BCUT2D eigenvalue weighted by Crippen LogP contribution is -2.47. The molecule has 0 spiro atoms. The molecule has 0 aromatic rings. The number of halogens is 2. The maximum atomic E-state index is 12.5. The van der Waals surface area contributed by atoms with E-state index in [2.05, 4.69) is 6.92 Å². The smallest absolute Gasteiger partial charge is 0.251 e. The average molecular weight is 233 g/mol. The van der Waals surface area contributed by atoms with Crippen LogP contribution < -0.4 is 0 Å². The molecule has 0 aliphatic heterocycles. The fourth-order valence-electron chi connectivity index (χ4n) is 2.86. The molecule has 0 heterocycles. The van der Waals surface area contributed by atoms with Gasteiger partial charge in [0.2, 0.25) is 0 Å². The fraction of sp³-hybridized carbons (Fsp3) is 1.00. The number of aliphatic hydroxyl groups excluding tert-OH is 1. The Labute approximate surface area is 95.6 Å². The fourth-order valence-corrected chi connectivity index (χ4v) is 2.86. The summed E-state index contributed by atoms with van der Waals surface area (Å²) in [6, 6.07) is 0.511. The summed E-state index contributed by atoms with van der Waals surface area (Å²) < 4.78 is 25.1. The van der Waals surface area contributed by atoms with Crippen LogP contribution in [0.4, 0.5) is 8.78 Å². The van der Waals surface area contributed by atoms with E-state index in [4.69, 9.17) is 0 Å². The maximum Gasteiger partial charge on any atom is 0.251 e. The summed E-state index contributed by atoms with van der Waals surface area (Å²) in [7, 11) is 0. The van der Waals surface area contributed by atoms with Gasteiger partial charge in [-0.05, 0) is 38.0 Å². The van der Waals surface area contributed by atoms with Gasteiger partial charge in [-0.2, -0.15) is 0 Å². The second-order valence-electron chi connectivity index (χ2n) is 5.33. The van der Waals surface area contributed by atoms with Crippen LogP contribution in [-0.4, -0.2) is 41.2 Å². The number of aliphatic hydroxyl groups is 1. The molecule has 0 saturated heterocycles. The molecule has 0 aromatic carbocycles. The Kier molecular flexibility index (Phi) is 3.80. The Hall–Kier alpha value is -0.220. The molecule has 2 aliphatic carbocycles. The first-order valence-electron chi connectivity index (χ1n) is 6.30. The lowest BCUT2D eigenvalue weighted by molar-refractivity contribution is -0.00280. The van der Waals surface area contributed by atoms with Gasteiger partial charge >= 0.3 is 0 Å². The van der Waals surface area contributed by atoms with Crippen molar-refractivity contribution in [1.82, 2.24) is 4.90 Å². The normalized spacial score (nSPS) is 36.0. The van der Waals surface area contributed by atoms with Crippen LogP contribution in [0.3, 0.4) is 0 Å². The van der Waals surface area contributed by atoms with Crippen LogP contribution in [-0.2, 0) is 0 Å². The van der Waals surface area contributed by atoms with Crippen LogP contribution in [0.25, 0.3) is 0 Å². The van der Waals surface area contributed by atoms with Crippen molar-refractivity contribution in [2.45, 2.75) is 63.6 Å². The second kappa shape index (κ2) is 4.96. The van der Waals surface area contributed by atoms with E-state index in [1.165, 1.54) is 0 Å². The zero-order valence-corrected chi connectivity index (χ0v) is 9.78. The zero-order valence-electron chi connectivity index (χ0n) is 9.78. The SMILES string of the molecule is CC1CCC(O)CC1N(CC(F)F)C1CC1. The number of hydrogen-bond donors (Lipinski definition) is 1. The van der Waals surface area contributed by atoms with Crippen LogP contribution in [0.1, 0.15) is 39.0 Å².